The summed E-state index contributed by atoms with van der Waals surface area (Å²) >= 11 is 6.00. The number of halogens is 1. The van der Waals surface area contributed by atoms with Crippen molar-refractivity contribution in [2.24, 2.45) is 0 Å². The summed E-state index contributed by atoms with van der Waals surface area (Å²) in [7, 11) is 0. The molecule has 138 valence electrons. The Morgan fingerprint density at radius 2 is 1.96 bits per heavy atom. The Morgan fingerprint density at radius 3 is 2.74 bits per heavy atom. The largest absolute Gasteiger partial charge is 0.309 e. The van der Waals surface area contributed by atoms with Crippen molar-refractivity contribution in [2.45, 2.75) is 32.4 Å². The summed E-state index contributed by atoms with van der Waals surface area (Å²) in [6.45, 7) is 3.98. The first-order valence-electron chi connectivity index (χ1n) is 9.18. The predicted molar refractivity (Wildman–Crippen MR) is 108 cm³/mol. The molecule has 0 aliphatic carbocycles. The van der Waals surface area contributed by atoms with Gasteiger partial charge < -0.3 is 5.32 Å². The van der Waals surface area contributed by atoms with Crippen molar-refractivity contribution < 1.29 is 0 Å². The molecule has 0 saturated carbocycles. The zero-order valence-electron chi connectivity index (χ0n) is 15.3. The molecule has 1 aromatic carbocycles. The van der Waals surface area contributed by atoms with Crippen LogP contribution in [0.4, 0.5) is 11.8 Å². The lowest BCUT2D eigenvalue weighted by atomic mass is 10.1. The number of aryl methyl sites for hydroxylation is 1. The van der Waals surface area contributed by atoms with Crippen LogP contribution < -0.4 is 5.32 Å². The molecule has 0 spiro atoms. The average molecular weight is 380 g/mol. The van der Waals surface area contributed by atoms with E-state index in [1.807, 2.05) is 49.6 Å². The fraction of sp³-hybridized carbons (Fsp3) is 0.286. The van der Waals surface area contributed by atoms with Gasteiger partial charge in [-0.25, -0.2) is 15.0 Å². The van der Waals surface area contributed by atoms with Gasteiger partial charge in [0.25, 0.3) is 0 Å². The third-order valence-corrected chi connectivity index (χ3v) is 5.08. The molecule has 5 nitrogen and oxygen atoms in total. The SMILES string of the molecule is Cc1ccc(Nc2nccc(C3CCCN3Cc3ccc(Cl)cc3)n2)nc1. The Morgan fingerprint density at radius 1 is 1.11 bits per heavy atom. The molecule has 1 saturated heterocycles. The Kier molecular flexibility index (Phi) is 5.32. The van der Waals surface area contributed by atoms with Gasteiger partial charge in [-0.1, -0.05) is 29.8 Å². The second-order valence-corrected chi connectivity index (χ2v) is 7.34. The summed E-state index contributed by atoms with van der Waals surface area (Å²) in [5.41, 5.74) is 3.44. The van der Waals surface area contributed by atoms with E-state index >= 15 is 0 Å². The van der Waals surface area contributed by atoms with Crippen LogP contribution in [0.5, 0.6) is 0 Å². The van der Waals surface area contributed by atoms with Crippen LogP contribution in [0.1, 0.15) is 35.7 Å². The molecular formula is C21H22ClN5. The molecule has 3 heterocycles. The van der Waals surface area contributed by atoms with E-state index in [-0.39, 0.29) is 0 Å². The van der Waals surface area contributed by atoms with E-state index in [0.29, 0.717) is 12.0 Å². The third kappa shape index (κ3) is 4.43. The van der Waals surface area contributed by atoms with Crippen LogP contribution in [-0.2, 0) is 6.54 Å². The van der Waals surface area contributed by atoms with Crippen molar-refractivity contribution in [3.8, 4) is 0 Å². The standard InChI is InChI=1S/C21H22ClN5/c1-15-4-9-20(24-13-15)26-21-23-11-10-18(25-21)19-3-2-12-27(19)14-16-5-7-17(22)8-6-16/h4-11,13,19H,2-3,12,14H2,1H3,(H,23,24,25,26). The molecular weight excluding hydrogens is 358 g/mol. The lowest BCUT2D eigenvalue weighted by Crippen LogP contribution is -2.23. The molecule has 0 amide bonds. The maximum absolute atomic E-state index is 6.00. The molecule has 1 aliphatic rings. The van der Waals surface area contributed by atoms with Crippen molar-refractivity contribution in [1.82, 2.24) is 19.9 Å². The monoisotopic (exact) mass is 379 g/mol. The van der Waals surface area contributed by atoms with Gasteiger partial charge in [-0.2, -0.15) is 0 Å². The molecule has 2 aromatic heterocycles. The molecule has 1 atom stereocenters. The number of aromatic nitrogens is 3. The number of rotatable bonds is 5. The highest BCUT2D eigenvalue weighted by Gasteiger charge is 2.27. The number of hydrogen-bond acceptors (Lipinski definition) is 5. The Hall–Kier alpha value is -2.50. The minimum Gasteiger partial charge on any atom is -0.309 e. The van der Waals surface area contributed by atoms with Crippen molar-refractivity contribution in [2.75, 3.05) is 11.9 Å². The minimum atomic E-state index is 0.301. The molecule has 6 heteroatoms. The second kappa shape index (κ2) is 8.03. The number of anilines is 2. The van der Waals surface area contributed by atoms with Gasteiger partial charge >= 0.3 is 0 Å². The lowest BCUT2D eigenvalue weighted by Gasteiger charge is -2.24. The van der Waals surface area contributed by atoms with E-state index < -0.39 is 0 Å². The van der Waals surface area contributed by atoms with Crippen LogP contribution in [0.3, 0.4) is 0 Å². The predicted octanol–water partition coefficient (Wildman–Crippen LogP) is 4.91. The molecule has 1 unspecified atom stereocenters. The quantitative estimate of drug-likeness (QED) is 0.682. The Balaban J connectivity index is 1.49. The molecule has 1 aliphatic heterocycles. The first-order chi connectivity index (χ1) is 13.2. The number of nitrogens with one attached hydrogen (secondary N) is 1. The van der Waals surface area contributed by atoms with Crippen molar-refractivity contribution >= 4 is 23.4 Å². The summed E-state index contributed by atoms with van der Waals surface area (Å²) in [6, 6.07) is 14.3. The number of benzene rings is 1. The molecule has 0 radical (unpaired) electrons. The molecule has 1 fully saturated rings. The summed E-state index contributed by atoms with van der Waals surface area (Å²) < 4.78 is 0. The van der Waals surface area contributed by atoms with Gasteiger partial charge in [0.05, 0.1) is 11.7 Å². The molecule has 1 N–H and O–H groups in total. The van der Waals surface area contributed by atoms with Gasteiger partial charge in [0, 0.05) is 24.0 Å². The van der Waals surface area contributed by atoms with Gasteiger partial charge in [-0.3, -0.25) is 4.90 Å². The van der Waals surface area contributed by atoms with E-state index in [0.717, 1.165) is 41.6 Å². The van der Waals surface area contributed by atoms with E-state index in [1.54, 1.807) is 0 Å². The van der Waals surface area contributed by atoms with Gasteiger partial charge in [-0.05, 0) is 61.7 Å². The maximum Gasteiger partial charge on any atom is 0.228 e. The normalized spacial score (nSPS) is 17.2. The van der Waals surface area contributed by atoms with E-state index in [4.69, 9.17) is 16.6 Å². The number of hydrogen-bond donors (Lipinski definition) is 1. The van der Waals surface area contributed by atoms with Crippen LogP contribution in [0.15, 0.2) is 54.9 Å². The highest BCUT2D eigenvalue weighted by Crippen LogP contribution is 2.32. The fourth-order valence-electron chi connectivity index (χ4n) is 3.45. The molecule has 3 aromatic rings. The van der Waals surface area contributed by atoms with Crippen LogP contribution in [0.2, 0.25) is 5.02 Å². The first-order valence-corrected chi connectivity index (χ1v) is 9.56. The summed E-state index contributed by atoms with van der Waals surface area (Å²) in [5, 5.41) is 3.97. The zero-order valence-corrected chi connectivity index (χ0v) is 16.0. The average Bonchev–Trinajstić information content (AvgIpc) is 3.14. The topological polar surface area (TPSA) is 53.9 Å². The molecule has 27 heavy (non-hydrogen) atoms. The van der Waals surface area contributed by atoms with Crippen LogP contribution in [0, 0.1) is 6.92 Å². The highest BCUT2D eigenvalue weighted by atomic mass is 35.5. The number of nitrogens with zero attached hydrogens (tertiary/aromatic N) is 4. The van der Waals surface area contributed by atoms with Crippen molar-refractivity contribution in [1.29, 1.82) is 0 Å². The van der Waals surface area contributed by atoms with E-state index in [2.05, 4.69) is 32.3 Å². The highest BCUT2D eigenvalue weighted by molar-refractivity contribution is 6.30. The van der Waals surface area contributed by atoms with Crippen molar-refractivity contribution in [3.05, 3.63) is 76.7 Å². The van der Waals surface area contributed by atoms with Gasteiger partial charge in [0.1, 0.15) is 5.82 Å². The Labute approximate surface area is 164 Å². The van der Waals surface area contributed by atoms with Crippen LogP contribution >= 0.6 is 11.6 Å². The second-order valence-electron chi connectivity index (χ2n) is 6.91. The number of likely N-dealkylation sites (tertiary alicyclic amines) is 1. The fourth-order valence-corrected chi connectivity index (χ4v) is 3.58. The van der Waals surface area contributed by atoms with Gasteiger partial charge in [-0.15, -0.1) is 0 Å². The number of pyridine rings is 1. The van der Waals surface area contributed by atoms with E-state index in [1.165, 1.54) is 12.0 Å². The minimum absolute atomic E-state index is 0.301. The lowest BCUT2D eigenvalue weighted by molar-refractivity contribution is 0.244. The van der Waals surface area contributed by atoms with E-state index in [9.17, 15) is 0 Å². The summed E-state index contributed by atoms with van der Waals surface area (Å²) in [4.78, 5) is 15.9. The van der Waals surface area contributed by atoms with Gasteiger partial charge in [0.2, 0.25) is 5.95 Å². The van der Waals surface area contributed by atoms with Crippen molar-refractivity contribution in [3.63, 3.8) is 0 Å². The molecule has 4 rings (SSSR count). The smallest absolute Gasteiger partial charge is 0.228 e. The Bertz CT molecular complexity index is 895. The summed E-state index contributed by atoms with van der Waals surface area (Å²) in [5.74, 6) is 1.34. The first kappa shape index (κ1) is 17.9. The molecule has 0 bridgehead atoms. The summed E-state index contributed by atoms with van der Waals surface area (Å²) in [6.07, 6.45) is 5.92. The zero-order chi connectivity index (χ0) is 18.6. The van der Waals surface area contributed by atoms with Crippen LogP contribution in [0.25, 0.3) is 0 Å². The van der Waals surface area contributed by atoms with Gasteiger partial charge in [0.15, 0.2) is 0 Å². The van der Waals surface area contributed by atoms with Crippen LogP contribution in [-0.4, -0.2) is 26.4 Å². The third-order valence-electron chi connectivity index (χ3n) is 4.83. The maximum atomic E-state index is 6.00.